The number of ether oxygens (including phenoxy) is 1. The van der Waals surface area contributed by atoms with Gasteiger partial charge < -0.3 is 4.74 Å². The van der Waals surface area contributed by atoms with Crippen LogP contribution >= 0.6 is 22.6 Å². The second-order valence-electron chi connectivity index (χ2n) is 3.28. The molecule has 2 heteroatoms. The summed E-state index contributed by atoms with van der Waals surface area (Å²) in [5.41, 5.74) is 1.16. The Morgan fingerprint density at radius 3 is 2.80 bits per heavy atom. The summed E-state index contributed by atoms with van der Waals surface area (Å²) in [6.07, 6.45) is 6.47. The van der Waals surface area contributed by atoms with Crippen molar-refractivity contribution in [1.29, 1.82) is 0 Å². The van der Waals surface area contributed by atoms with E-state index in [9.17, 15) is 0 Å². The van der Waals surface area contributed by atoms with Gasteiger partial charge in [-0.05, 0) is 30.3 Å². The van der Waals surface area contributed by atoms with Gasteiger partial charge in [-0.15, -0.1) is 0 Å². The molecule has 0 aliphatic heterocycles. The minimum Gasteiger partial charge on any atom is -0.493 e. The Labute approximate surface area is 106 Å². The molecule has 0 atom stereocenters. The monoisotopic (exact) mass is 316 g/mol. The number of benzene rings is 1. The van der Waals surface area contributed by atoms with Crippen LogP contribution in [-0.4, -0.2) is 11.0 Å². The molecule has 0 unspecified atom stereocenters. The van der Waals surface area contributed by atoms with E-state index >= 15 is 0 Å². The molecular formula is C13H17IO. The highest BCUT2D eigenvalue weighted by Gasteiger charge is 1.98. The summed E-state index contributed by atoms with van der Waals surface area (Å²) >= 11 is 2.40. The average molecular weight is 316 g/mol. The molecular weight excluding hydrogens is 299 g/mol. The predicted molar refractivity (Wildman–Crippen MR) is 74.8 cm³/mol. The molecule has 0 saturated carbocycles. The first-order chi connectivity index (χ1) is 7.38. The van der Waals surface area contributed by atoms with E-state index < -0.39 is 0 Å². The van der Waals surface area contributed by atoms with Crippen LogP contribution in [0.25, 0.3) is 6.08 Å². The smallest absolute Gasteiger partial charge is 0.126 e. The fraction of sp³-hybridized carbons (Fsp3) is 0.385. The molecule has 0 fully saturated rings. The molecule has 1 aromatic rings. The summed E-state index contributed by atoms with van der Waals surface area (Å²) < 4.78 is 6.94. The number of hydrogen-bond donors (Lipinski definition) is 0. The van der Waals surface area contributed by atoms with Crippen LogP contribution in [0, 0.1) is 0 Å². The minimum atomic E-state index is 0.817. The van der Waals surface area contributed by atoms with E-state index in [1.807, 2.05) is 31.2 Å². The Kier molecular flexibility index (Phi) is 6.48. The van der Waals surface area contributed by atoms with Gasteiger partial charge in [0, 0.05) is 5.56 Å². The Balaban J connectivity index is 2.51. The molecule has 0 radical (unpaired) electrons. The maximum Gasteiger partial charge on any atom is 0.126 e. The van der Waals surface area contributed by atoms with Gasteiger partial charge in [-0.1, -0.05) is 52.9 Å². The minimum absolute atomic E-state index is 0.817. The third-order valence-electron chi connectivity index (χ3n) is 2.05. The Morgan fingerprint density at radius 1 is 1.27 bits per heavy atom. The van der Waals surface area contributed by atoms with Gasteiger partial charge in [0.1, 0.15) is 5.75 Å². The predicted octanol–water partition coefficient (Wildman–Crippen LogP) is 4.31. The molecule has 0 aliphatic rings. The lowest BCUT2D eigenvalue weighted by Gasteiger charge is -2.08. The van der Waals surface area contributed by atoms with Crippen molar-refractivity contribution in [3.05, 3.63) is 35.9 Å². The van der Waals surface area contributed by atoms with Crippen LogP contribution in [0.15, 0.2) is 30.3 Å². The van der Waals surface area contributed by atoms with Gasteiger partial charge in [0.25, 0.3) is 0 Å². The van der Waals surface area contributed by atoms with Crippen molar-refractivity contribution in [2.75, 3.05) is 11.0 Å². The molecule has 0 saturated heterocycles. The highest BCUT2D eigenvalue weighted by molar-refractivity contribution is 14.1. The third-order valence-corrected chi connectivity index (χ3v) is 2.81. The van der Waals surface area contributed by atoms with Gasteiger partial charge in [-0.25, -0.2) is 0 Å². The van der Waals surface area contributed by atoms with Crippen LogP contribution in [-0.2, 0) is 0 Å². The Morgan fingerprint density at radius 2 is 2.07 bits per heavy atom. The molecule has 0 aliphatic carbocycles. The number of para-hydroxylation sites is 1. The van der Waals surface area contributed by atoms with E-state index in [0.29, 0.717) is 0 Å². The molecule has 15 heavy (non-hydrogen) atoms. The van der Waals surface area contributed by atoms with E-state index in [-0.39, 0.29) is 0 Å². The second-order valence-corrected chi connectivity index (χ2v) is 4.36. The number of hydrogen-bond acceptors (Lipinski definition) is 1. The summed E-state index contributed by atoms with van der Waals surface area (Å²) in [6.45, 7) is 2.84. The Bertz CT molecular complexity index is 307. The van der Waals surface area contributed by atoms with Crippen molar-refractivity contribution in [2.24, 2.45) is 0 Å². The first-order valence-electron chi connectivity index (χ1n) is 5.29. The van der Waals surface area contributed by atoms with Crippen molar-refractivity contribution >= 4 is 28.7 Å². The van der Waals surface area contributed by atoms with Gasteiger partial charge in [-0.3, -0.25) is 0 Å². The van der Waals surface area contributed by atoms with Gasteiger partial charge in [0.15, 0.2) is 0 Å². The number of rotatable bonds is 6. The van der Waals surface area contributed by atoms with Crippen molar-refractivity contribution in [3.63, 3.8) is 0 Å². The first-order valence-corrected chi connectivity index (χ1v) is 6.81. The SMILES string of the molecule is C/C=C\c1ccccc1OCCCCI. The summed E-state index contributed by atoms with van der Waals surface area (Å²) in [5.74, 6) is 0.990. The molecule has 1 rings (SSSR count). The molecule has 1 aromatic carbocycles. The van der Waals surface area contributed by atoms with Crippen LogP contribution in [0.4, 0.5) is 0 Å². The van der Waals surface area contributed by atoms with Crippen LogP contribution in [0.3, 0.4) is 0 Å². The van der Waals surface area contributed by atoms with Gasteiger partial charge in [0.05, 0.1) is 6.61 Å². The lowest BCUT2D eigenvalue weighted by atomic mass is 10.2. The zero-order valence-electron chi connectivity index (χ0n) is 9.08. The molecule has 82 valence electrons. The number of allylic oxidation sites excluding steroid dienone is 1. The third kappa shape index (κ3) is 4.69. The van der Waals surface area contributed by atoms with Crippen molar-refractivity contribution in [1.82, 2.24) is 0 Å². The van der Waals surface area contributed by atoms with E-state index in [0.717, 1.165) is 24.3 Å². The zero-order valence-corrected chi connectivity index (χ0v) is 11.2. The quantitative estimate of drug-likeness (QED) is 0.432. The molecule has 0 amide bonds. The lowest BCUT2D eigenvalue weighted by Crippen LogP contribution is -1.98. The van der Waals surface area contributed by atoms with E-state index in [4.69, 9.17) is 4.74 Å². The van der Waals surface area contributed by atoms with Crippen molar-refractivity contribution < 1.29 is 4.74 Å². The van der Waals surface area contributed by atoms with Crippen LogP contribution in [0.1, 0.15) is 25.3 Å². The van der Waals surface area contributed by atoms with Crippen LogP contribution < -0.4 is 4.74 Å². The molecule has 0 heterocycles. The number of unbranched alkanes of at least 4 members (excludes halogenated alkanes) is 1. The standard InChI is InChI=1S/C13H17IO/c1-2-7-12-8-3-4-9-13(12)15-11-6-5-10-14/h2-4,7-9H,5-6,10-11H2,1H3/b7-2-. The van der Waals surface area contributed by atoms with E-state index in [1.165, 1.54) is 10.8 Å². The maximum atomic E-state index is 5.74. The fourth-order valence-corrected chi connectivity index (χ4v) is 1.85. The average Bonchev–Trinajstić information content (AvgIpc) is 2.27. The Hall–Kier alpha value is -0.510. The highest BCUT2D eigenvalue weighted by Crippen LogP contribution is 2.19. The second kappa shape index (κ2) is 7.74. The molecule has 1 nitrogen and oxygen atoms in total. The molecule has 0 spiro atoms. The summed E-state index contributed by atoms with van der Waals surface area (Å²) in [5, 5.41) is 0. The van der Waals surface area contributed by atoms with Crippen molar-refractivity contribution in [2.45, 2.75) is 19.8 Å². The molecule has 0 bridgehead atoms. The van der Waals surface area contributed by atoms with E-state index in [2.05, 4.69) is 34.7 Å². The lowest BCUT2D eigenvalue weighted by molar-refractivity contribution is 0.309. The van der Waals surface area contributed by atoms with Gasteiger partial charge in [0.2, 0.25) is 0 Å². The van der Waals surface area contributed by atoms with E-state index in [1.54, 1.807) is 0 Å². The highest BCUT2D eigenvalue weighted by atomic mass is 127. The van der Waals surface area contributed by atoms with Gasteiger partial charge >= 0.3 is 0 Å². The normalized spacial score (nSPS) is 10.8. The van der Waals surface area contributed by atoms with Crippen LogP contribution in [0.5, 0.6) is 5.75 Å². The maximum absolute atomic E-state index is 5.74. The topological polar surface area (TPSA) is 9.23 Å². The van der Waals surface area contributed by atoms with Crippen LogP contribution in [0.2, 0.25) is 0 Å². The summed E-state index contributed by atoms with van der Waals surface area (Å²) in [7, 11) is 0. The zero-order chi connectivity index (χ0) is 10.9. The summed E-state index contributed by atoms with van der Waals surface area (Å²) in [6, 6.07) is 8.15. The molecule has 0 N–H and O–H groups in total. The van der Waals surface area contributed by atoms with Gasteiger partial charge in [-0.2, -0.15) is 0 Å². The largest absolute Gasteiger partial charge is 0.493 e. The summed E-state index contributed by atoms with van der Waals surface area (Å²) in [4.78, 5) is 0. The first kappa shape index (κ1) is 12.6. The van der Waals surface area contributed by atoms with Crippen molar-refractivity contribution in [3.8, 4) is 5.75 Å². The fourth-order valence-electron chi connectivity index (χ4n) is 1.31. The number of alkyl halides is 1. The number of halogens is 1. The molecule has 0 aromatic heterocycles.